The van der Waals surface area contributed by atoms with Crippen molar-refractivity contribution >= 4 is 21.7 Å². The van der Waals surface area contributed by atoms with Crippen LogP contribution in [0.2, 0.25) is 0 Å². The average molecular weight is 294 g/mol. The van der Waals surface area contributed by atoms with E-state index >= 15 is 0 Å². The van der Waals surface area contributed by atoms with Crippen LogP contribution in [0.1, 0.15) is 11.8 Å². The lowest BCUT2D eigenvalue weighted by Crippen LogP contribution is -2.27. The van der Waals surface area contributed by atoms with E-state index in [4.69, 9.17) is 4.55 Å². The smallest absolute Gasteiger partial charge is 0.335 e. The lowest BCUT2D eigenvalue weighted by Gasteiger charge is -2.12. The third-order valence-electron chi connectivity index (χ3n) is 2.55. The Kier molecular flexibility index (Phi) is 4.35. The highest BCUT2D eigenvalue weighted by Gasteiger charge is 2.13. The van der Waals surface area contributed by atoms with Crippen molar-refractivity contribution in [2.75, 3.05) is 5.32 Å². The van der Waals surface area contributed by atoms with Gasteiger partial charge in [-0.15, -0.1) is 0 Å². The van der Waals surface area contributed by atoms with Gasteiger partial charge in [-0.1, -0.05) is 30.3 Å². The maximum absolute atomic E-state index is 10.6. The second-order valence-electron chi connectivity index (χ2n) is 4.11. The Labute approximate surface area is 117 Å². The summed E-state index contributed by atoms with van der Waals surface area (Å²) < 4.78 is 31.4. The Morgan fingerprint density at radius 1 is 0.900 bits per heavy atom. The van der Waals surface area contributed by atoms with E-state index < -0.39 is 16.5 Å². The van der Waals surface area contributed by atoms with E-state index in [-0.39, 0.29) is 0 Å². The number of anilines is 2. The molecule has 7 heteroatoms. The van der Waals surface area contributed by atoms with Crippen LogP contribution in [0, 0.1) is 0 Å². The molecular weight excluding hydrogens is 280 g/mol. The predicted molar refractivity (Wildman–Crippen MR) is 75.8 cm³/mol. The molecule has 20 heavy (non-hydrogen) atoms. The van der Waals surface area contributed by atoms with Gasteiger partial charge in [0, 0.05) is 11.4 Å². The van der Waals surface area contributed by atoms with Crippen LogP contribution in [0.3, 0.4) is 0 Å². The van der Waals surface area contributed by atoms with Crippen molar-refractivity contribution in [2.24, 2.45) is 0 Å². The highest BCUT2D eigenvalue weighted by atomic mass is 32.2. The molecule has 1 unspecified atom stereocenters. The lowest BCUT2D eigenvalue weighted by molar-refractivity contribution is 0.162. The largest absolute Gasteiger partial charge is 0.373 e. The molecule has 0 aliphatic rings. The monoisotopic (exact) mass is 294 g/mol. The third kappa shape index (κ3) is 4.32. The maximum atomic E-state index is 10.6. The molecule has 2 aromatic carbocycles. The van der Waals surface area contributed by atoms with Crippen molar-refractivity contribution in [3.05, 3.63) is 60.2 Å². The van der Waals surface area contributed by atoms with Gasteiger partial charge in [0.1, 0.15) is 6.23 Å². The normalized spacial score (nSPS) is 12.9. The predicted octanol–water partition coefficient (Wildman–Crippen LogP) is 1.81. The maximum Gasteiger partial charge on any atom is 0.335 e. The first-order valence-corrected chi connectivity index (χ1v) is 7.23. The van der Waals surface area contributed by atoms with Crippen molar-refractivity contribution in [3.8, 4) is 0 Å². The molecule has 6 nitrogen and oxygen atoms in total. The Hall–Kier alpha value is -1.93. The molecule has 0 spiro atoms. The number of para-hydroxylation sites is 1. The molecule has 4 N–H and O–H groups in total. The quantitative estimate of drug-likeness (QED) is 0.498. The van der Waals surface area contributed by atoms with Gasteiger partial charge in [-0.05, 0) is 29.8 Å². The molecule has 0 aromatic heterocycles. The van der Waals surface area contributed by atoms with Crippen molar-refractivity contribution in [1.82, 2.24) is 4.72 Å². The van der Waals surface area contributed by atoms with E-state index in [2.05, 4.69) is 5.32 Å². The summed E-state index contributed by atoms with van der Waals surface area (Å²) in [4.78, 5) is 0. The fourth-order valence-electron chi connectivity index (χ4n) is 1.65. The molecule has 2 aromatic rings. The standard InChI is InChI=1S/C13H14N2O4S/c16-13(15-20(17,18)19)10-6-8-12(9-7-10)14-11-4-2-1-3-5-11/h1-9,13-16H,(H,17,18,19). The van der Waals surface area contributed by atoms with E-state index in [1.807, 2.05) is 30.3 Å². The summed E-state index contributed by atoms with van der Waals surface area (Å²) in [5.74, 6) is 0. The molecule has 106 valence electrons. The molecule has 2 rings (SSSR count). The Morgan fingerprint density at radius 2 is 1.45 bits per heavy atom. The molecule has 0 aliphatic carbocycles. The summed E-state index contributed by atoms with van der Waals surface area (Å²) in [5.41, 5.74) is 2.03. The van der Waals surface area contributed by atoms with Crippen molar-refractivity contribution < 1.29 is 18.1 Å². The minimum atomic E-state index is -4.45. The van der Waals surface area contributed by atoms with Gasteiger partial charge in [0.25, 0.3) is 0 Å². The van der Waals surface area contributed by atoms with Gasteiger partial charge >= 0.3 is 10.3 Å². The van der Waals surface area contributed by atoms with Crippen LogP contribution in [0.25, 0.3) is 0 Å². The highest BCUT2D eigenvalue weighted by molar-refractivity contribution is 7.83. The van der Waals surface area contributed by atoms with Crippen LogP contribution >= 0.6 is 0 Å². The summed E-state index contributed by atoms with van der Waals surface area (Å²) in [7, 11) is -4.45. The summed E-state index contributed by atoms with van der Waals surface area (Å²) >= 11 is 0. The first kappa shape index (κ1) is 14.5. The van der Waals surface area contributed by atoms with E-state index in [9.17, 15) is 13.5 Å². The van der Waals surface area contributed by atoms with Crippen LogP contribution in [-0.2, 0) is 10.3 Å². The van der Waals surface area contributed by atoms with Gasteiger partial charge in [-0.2, -0.15) is 13.1 Å². The SMILES string of the molecule is O=S(=O)(O)NC(O)c1ccc(Nc2ccccc2)cc1. The number of rotatable bonds is 5. The molecule has 0 saturated carbocycles. The van der Waals surface area contributed by atoms with E-state index in [1.54, 1.807) is 29.0 Å². The second kappa shape index (κ2) is 6.02. The molecular formula is C13H14N2O4S. The Balaban J connectivity index is 2.07. The highest BCUT2D eigenvalue weighted by Crippen LogP contribution is 2.19. The van der Waals surface area contributed by atoms with Crippen LogP contribution in [0.5, 0.6) is 0 Å². The summed E-state index contributed by atoms with van der Waals surface area (Å²) in [6.45, 7) is 0. The summed E-state index contributed by atoms with van der Waals surface area (Å²) in [6, 6.07) is 16.0. The first-order valence-electron chi connectivity index (χ1n) is 5.79. The first-order chi connectivity index (χ1) is 9.44. The molecule has 0 aliphatic heterocycles. The third-order valence-corrected chi connectivity index (χ3v) is 3.07. The number of hydrogen-bond donors (Lipinski definition) is 4. The molecule has 0 radical (unpaired) electrons. The molecule has 1 atom stereocenters. The fourth-order valence-corrected chi connectivity index (χ4v) is 2.06. The van der Waals surface area contributed by atoms with Gasteiger partial charge < -0.3 is 10.4 Å². The minimum Gasteiger partial charge on any atom is -0.373 e. The molecule has 0 fully saturated rings. The van der Waals surface area contributed by atoms with Gasteiger partial charge in [0.05, 0.1) is 0 Å². The van der Waals surface area contributed by atoms with E-state index in [0.29, 0.717) is 5.56 Å². The topological polar surface area (TPSA) is 98.7 Å². The number of aliphatic hydroxyl groups is 1. The number of aliphatic hydroxyl groups excluding tert-OH is 1. The number of nitrogens with one attached hydrogen (secondary N) is 2. The van der Waals surface area contributed by atoms with Gasteiger partial charge in [-0.25, -0.2) is 0 Å². The van der Waals surface area contributed by atoms with Gasteiger partial charge in [0.2, 0.25) is 0 Å². The minimum absolute atomic E-state index is 0.321. The summed E-state index contributed by atoms with van der Waals surface area (Å²) in [6.07, 6.45) is -1.49. The van der Waals surface area contributed by atoms with Gasteiger partial charge in [-0.3, -0.25) is 4.55 Å². The van der Waals surface area contributed by atoms with Crippen LogP contribution < -0.4 is 10.0 Å². The average Bonchev–Trinajstić information content (AvgIpc) is 2.39. The Bertz CT molecular complexity index is 657. The van der Waals surface area contributed by atoms with Crippen LogP contribution in [-0.4, -0.2) is 18.1 Å². The summed E-state index contributed by atoms with van der Waals surface area (Å²) in [5, 5.41) is 12.7. The zero-order valence-corrected chi connectivity index (χ0v) is 11.2. The van der Waals surface area contributed by atoms with Gasteiger partial charge in [0.15, 0.2) is 0 Å². The Morgan fingerprint density at radius 3 is 2.00 bits per heavy atom. The van der Waals surface area contributed by atoms with E-state index in [1.165, 1.54) is 0 Å². The van der Waals surface area contributed by atoms with Crippen LogP contribution in [0.15, 0.2) is 54.6 Å². The molecule has 0 bridgehead atoms. The van der Waals surface area contributed by atoms with E-state index in [0.717, 1.165) is 11.4 Å². The van der Waals surface area contributed by atoms with Crippen molar-refractivity contribution in [2.45, 2.75) is 6.23 Å². The molecule has 0 heterocycles. The number of hydrogen-bond acceptors (Lipinski definition) is 4. The van der Waals surface area contributed by atoms with Crippen molar-refractivity contribution in [1.29, 1.82) is 0 Å². The van der Waals surface area contributed by atoms with Crippen molar-refractivity contribution in [3.63, 3.8) is 0 Å². The lowest BCUT2D eigenvalue weighted by atomic mass is 10.2. The van der Waals surface area contributed by atoms with Crippen LogP contribution in [0.4, 0.5) is 11.4 Å². The zero-order valence-electron chi connectivity index (χ0n) is 10.4. The fraction of sp³-hybridized carbons (Fsp3) is 0.0769. The molecule has 0 saturated heterocycles. The zero-order chi connectivity index (χ0) is 14.6. The second-order valence-corrected chi connectivity index (χ2v) is 5.29. The molecule has 0 amide bonds. The number of benzene rings is 2.